The highest BCUT2D eigenvalue weighted by Crippen LogP contribution is 2.18. The molecule has 84 valence electrons. The Morgan fingerprint density at radius 1 is 1.00 bits per heavy atom. The summed E-state index contributed by atoms with van der Waals surface area (Å²) in [5, 5.41) is 0. The molecule has 1 atom stereocenters. The second-order valence-electron chi connectivity index (χ2n) is 5.19. The zero-order valence-corrected chi connectivity index (χ0v) is 10.5. The Kier molecular flexibility index (Phi) is 4.34. The van der Waals surface area contributed by atoms with E-state index in [0.717, 1.165) is 5.92 Å². The van der Waals surface area contributed by atoms with Crippen LogP contribution in [0.3, 0.4) is 0 Å². The Balaban J connectivity index is 2.72. The summed E-state index contributed by atoms with van der Waals surface area (Å²) in [6.45, 7) is 8.96. The van der Waals surface area contributed by atoms with Crippen molar-refractivity contribution >= 4 is 0 Å². The zero-order chi connectivity index (χ0) is 11.4. The molecule has 0 unspecified atom stereocenters. The van der Waals surface area contributed by atoms with Crippen molar-refractivity contribution in [2.45, 2.75) is 40.2 Å². The smallest absolute Gasteiger partial charge is 0.112 e. The summed E-state index contributed by atoms with van der Waals surface area (Å²) >= 11 is 0. The van der Waals surface area contributed by atoms with Gasteiger partial charge in [-0.05, 0) is 17.9 Å². The lowest BCUT2D eigenvalue weighted by atomic mass is 9.94. The molecule has 0 aliphatic heterocycles. The van der Waals surface area contributed by atoms with E-state index in [0.29, 0.717) is 12.0 Å². The van der Waals surface area contributed by atoms with Crippen LogP contribution in [0.2, 0.25) is 0 Å². The summed E-state index contributed by atoms with van der Waals surface area (Å²) in [6, 6.07) is 9.37. The van der Waals surface area contributed by atoms with Gasteiger partial charge in [0.25, 0.3) is 0 Å². The number of hydrogen-bond donors (Lipinski definition) is 1. The number of rotatable bonds is 4. The Labute approximate surface area is 93.7 Å². The van der Waals surface area contributed by atoms with Gasteiger partial charge < -0.3 is 5.73 Å². The van der Waals surface area contributed by atoms with E-state index >= 15 is 0 Å². The standard InChI is InChI=1S/C14H23N/c1-10(2)9-12-5-7-13(8-6-12)14(15)11(3)4/h5-8,10-11,14H,9,15H2,1-4H3/p+1/t14-/m1/s1. The molecule has 0 spiro atoms. The van der Waals surface area contributed by atoms with Gasteiger partial charge in [-0.1, -0.05) is 52.0 Å². The van der Waals surface area contributed by atoms with Crippen molar-refractivity contribution in [3.63, 3.8) is 0 Å². The van der Waals surface area contributed by atoms with Gasteiger partial charge in [0, 0.05) is 11.5 Å². The van der Waals surface area contributed by atoms with E-state index in [1.165, 1.54) is 17.5 Å². The van der Waals surface area contributed by atoms with Gasteiger partial charge in [-0.2, -0.15) is 0 Å². The van der Waals surface area contributed by atoms with Crippen LogP contribution < -0.4 is 5.73 Å². The molecule has 0 aromatic heterocycles. The van der Waals surface area contributed by atoms with Crippen molar-refractivity contribution in [2.24, 2.45) is 11.8 Å². The van der Waals surface area contributed by atoms with Gasteiger partial charge in [0.05, 0.1) is 0 Å². The van der Waals surface area contributed by atoms with E-state index in [1.54, 1.807) is 0 Å². The molecule has 0 fully saturated rings. The average molecular weight is 206 g/mol. The Morgan fingerprint density at radius 2 is 1.53 bits per heavy atom. The maximum absolute atomic E-state index is 4.20. The molecular formula is C14H24N+. The maximum atomic E-state index is 4.20. The molecule has 1 rings (SSSR count). The number of hydrogen-bond acceptors (Lipinski definition) is 0. The van der Waals surface area contributed by atoms with Crippen LogP contribution >= 0.6 is 0 Å². The third-order valence-corrected chi connectivity index (χ3v) is 2.86. The lowest BCUT2D eigenvalue weighted by molar-refractivity contribution is -0.438. The first-order valence-corrected chi connectivity index (χ1v) is 5.92. The van der Waals surface area contributed by atoms with E-state index in [4.69, 9.17) is 0 Å². The summed E-state index contributed by atoms with van der Waals surface area (Å²) in [7, 11) is 0. The van der Waals surface area contributed by atoms with Gasteiger partial charge >= 0.3 is 0 Å². The van der Waals surface area contributed by atoms with Crippen LogP contribution in [0.4, 0.5) is 0 Å². The van der Waals surface area contributed by atoms with Gasteiger partial charge in [0.2, 0.25) is 0 Å². The molecule has 1 aromatic carbocycles. The minimum atomic E-state index is 0.415. The molecule has 15 heavy (non-hydrogen) atoms. The maximum Gasteiger partial charge on any atom is 0.112 e. The van der Waals surface area contributed by atoms with Gasteiger partial charge in [-0.25, -0.2) is 0 Å². The highest BCUT2D eigenvalue weighted by Gasteiger charge is 2.13. The summed E-state index contributed by atoms with van der Waals surface area (Å²) in [4.78, 5) is 0. The fourth-order valence-corrected chi connectivity index (χ4v) is 1.76. The first kappa shape index (κ1) is 12.3. The lowest BCUT2D eigenvalue weighted by Crippen LogP contribution is -2.55. The van der Waals surface area contributed by atoms with Gasteiger partial charge in [0.15, 0.2) is 0 Å². The van der Waals surface area contributed by atoms with Crippen molar-refractivity contribution in [3.05, 3.63) is 35.4 Å². The molecule has 0 amide bonds. The van der Waals surface area contributed by atoms with Crippen LogP contribution in [0, 0.1) is 11.8 Å². The second kappa shape index (κ2) is 5.32. The third kappa shape index (κ3) is 3.67. The first-order chi connectivity index (χ1) is 7.00. The molecule has 0 radical (unpaired) electrons. The highest BCUT2D eigenvalue weighted by atomic mass is 14.6. The van der Waals surface area contributed by atoms with Crippen LogP contribution in [0.5, 0.6) is 0 Å². The molecule has 0 saturated carbocycles. The Morgan fingerprint density at radius 3 is 1.93 bits per heavy atom. The molecule has 1 heteroatoms. The normalized spacial score (nSPS) is 13.5. The molecule has 0 saturated heterocycles. The molecular weight excluding hydrogens is 182 g/mol. The molecule has 0 heterocycles. The predicted molar refractivity (Wildman–Crippen MR) is 65.5 cm³/mol. The molecule has 0 aliphatic carbocycles. The molecule has 1 aromatic rings. The predicted octanol–water partition coefficient (Wildman–Crippen LogP) is 2.82. The van der Waals surface area contributed by atoms with Crippen LogP contribution in [0.15, 0.2) is 24.3 Å². The lowest BCUT2D eigenvalue weighted by Gasteiger charge is -2.13. The van der Waals surface area contributed by atoms with Crippen LogP contribution in [-0.4, -0.2) is 0 Å². The minimum Gasteiger partial charge on any atom is -0.351 e. The monoisotopic (exact) mass is 206 g/mol. The number of benzene rings is 1. The van der Waals surface area contributed by atoms with Crippen molar-refractivity contribution in [1.82, 2.24) is 0 Å². The van der Waals surface area contributed by atoms with Gasteiger partial charge in [0.1, 0.15) is 6.04 Å². The SMILES string of the molecule is CC(C)Cc1ccc([C@H]([NH3+])C(C)C)cc1. The molecule has 1 nitrogen and oxygen atoms in total. The molecule has 3 N–H and O–H groups in total. The summed E-state index contributed by atoms with van der Waals surface area (Å²) < 4.78 is 0. The third-order valence-electron chi connectivity index (χ3n) is 2.86. The Hall–Kier alpha value is -0.820. The Bertz CT molecular complexity index is 285. The number of quaternary nitrogens is 1. The largest absolute Gasteiger partial charge is 0.351 e. The van der Waals surface area contributed by atoms with Crippen LogP contribution in [0.25, 0.3) is 0 Å². The highest BCUT2D eigenvalue weighted by molar-refractivity contribution is 5.24. The topological polar surface area (TPSA) is 27.6 Å². The van der Waals surface area contributed by atoms with Crippen molar-refractivity contribution in [1.29, 1.82) is 0 Å². The fraction of sp³-hybridized carbons (Fsp3) is 0.571. The average Bonchev–Trinajstić information content (AvgIpc) is 2.17. The van der Waals surface area contributed by atoms with E-state index in [9.17, 15) is 0 Å². The minimum absolute atomic E-state index is 0.415. The van der Waals surface area contributed by atoms with Gasteiger partial charge in [-0.3, -0.25) is 0 Å². The summed E-state index contributed by atoms with van der Waals surface area (Å²) in [5.74, 6) is 1.34. The van der Waals surface area contributed by atoms with E-state index in [2.05, 4.69) is 57.7 Å². The van der Waals surface area contributed by atoms with E-state index < -0.39 is 0 Å². The van der Waals surface area contributed by atoms with E-state index in [-0.39, 0.29) is 0 Å². The quantitative estimate of drug-likeness (QED) is 0.784. The molecule has 0 bridgehead atoms. The fourth-order valence-electron chi connectivity index (χ4n) is 1.76. The van der Waals surface area contributed by atoms with Crippen molar-refractivity contribution in [2.75, 3.05) is 0 Å². The van der Waals surface area contributed by atoms with Crippen LogP contribution in [-0.2, 0) is 6.42 Å². The van der Waals surface area contributed by atoms with Crippen molar-refractivity contribution < 1.29 is 5.73 Å². The zero-order valence-electron chi connectivity index (χ0n) is 10.5. The van der Waals surface area contributed by atoms with E-state index in [1.807, 2.05) is 0 Å². The molecule has 0 aliphatic rings. The van der Waals surface area contributed by atoms with Crippen LogP contribution in [0.1, 0.15) is 44.9 Å². The van der Waals surface area contributed by atoms with Crippen molar-refractivity contribution in [3.8, 4) is 0 Å². The second-order valence-corrected chi connectivity index (χ2v) is 5.19. The first-order valence-electron chi connectivity index (χ1n) is 5.92. The summed E-state index contributed by atoms with van der Waals surface area (Å²) in [5.41, 5.74) is 6.99. The van der Waals surface area contributed by atoms with Gasteiger partial charge in [-0.15, -0.1) is 0 Å². The summed E-state index contributed by atoms with van der Waals surface area (Å²) in [6.07, 6.45) is 1.17.